The maximum absolute atomic E-state index is 10.0. The minimum Gasteiger partial charge on any atom is -0.387 e. The highest BCUT2D eigenvalue weighted by atomic mass is 35.5. The summed E-state index contributed by atoms with van der Waals surface area (Å²) in [5.41, 5.74) is 3.09. The van der Waals surface area contributed by atoms with Crippen molar-refractivity contribution in [1.82, 2.24) is 0 Å². The molecule has 94 valence electrons. The van der Waals surface area contributed by atoms with Crippen LogP contribution in [0.2, 0.25) is 5.02 Å². The second-order valence-electron chi connectivity index (χ2n) is 4.31. The number of hydrogen-bond acceptors (Lipinski definition) is 2. The Bertz CT molecular complexity index is 493. The van der Waals surface area contributed by atoms with E-state index < -0.39 is 6.10 Å². The molecule has 0 aliphatic heterocycles. The lowest BCUT2D eigenvalue weighted by Crippen LogP contribution is -2.11. The first-order chi connectivity index (χ1) is 8.65. The Balaban J connectivity index is 1.93. The van der Waals surface area contributed by atoms with Gasteiger partial charge < -0.3 is 10.4 Å². The molecule has 2 aromatic rings. The number of anilines is 1. The van der Waals surface area contributed by atoms with Gasteiger partial charge in [-0.25, -0.2) is 0 Å². The average molecular weight is 262 g/mol. The topological polar surface area (TPSA) is 32.3 Å². The lowest BCUT2D eigenvalue weighted by atomic mass is 10.1. The van der Waals surface area contributed by atoms with Crippen LogP contribution in [0.3, 0.4) is 0 Å². The standard InChI is InChI=1S/C15H16ClNO/c1-11-2-8-14(9-3-11)17-10-15(18)12-4-6-13(16)7-5-12/h2-9,15,17-18H,10H2,1H3/t15-/m1/s1. The van der Waals surface area contributed by atoms with Gasteiger partial charge in [-0.2, -0.15) is 0 Å². The van der Waals surface area contributed by atoms with Crippen molar-refractivity contribution in [3.8, 4) is 0 Å². The van der Waals surface area contributed by atoms with Gasteiger partial charge in [0.1, 0.15) is 0 Å². The number of aliphatic hydroxyl groups is 1. The molecule has 0 aromatic heterocycles. The zero-order chi connectivity index (χ0) is 13.0. The highest BCUT2D eigenvalue weighted by Crippen LogP contribution is 2.17. The fraction of sp³-hybridized carbons (Fsp3) is 0.200. The number of nitrogens with one attached hydrogen (secondary N) is 1. The highest BCUT2D eigenvalue weighted by Gasteiger charge is 2.06. The van der Waals surface area contributed by atoms with Crippen LogP contribution in [0.15, 0.2) is 48.5 Å². The minimum absolute atomic E-state index is 0.477. The first-order valence-electron chi connectivity index (χ1n) is 5.89. The summed E-state index contributed by atoms with van der Waals surface area (Å²) < 4.78 is 0. The lowest BCUT2D eigenvalue weighted by molar-refractivity contribution is 0.191. The normalized spacial score (nSPS) is 12.2. The third-order valence-electron chi connectivity index (χ3n) is 2.81. The van der Waals surface area contributed by atoms with Crippen molar-refractivity contribution < 1.29 is 5.11 Å². The van der Waals surface area contributed by atoms with E-state index in [4.69, 9.17) is 11.6 Å². The second-order valence-corrected chi connectivity index (χ2v) is 4.75. The Morgan fingerprint density at radius 1 is 1.06 bits per heavy atom. The summed E-state index contributed by atoms with van der Waals surface area (Å²) in [5, 5.41) is 13.9. The Morgan fingerprint density at radius 2 is 1.67 bits per heavy atom. The molecule has 0 heterocycles. The van der Waals surface area contributed by atoms with Crippen molar-refractivity contribution in [2.24, 2.45) is 0 Å². The predicted molar refractivity (Wildman–Crippen MR) is 76.1 cm³/mol. The van der Waals surface area contributed by atoms with Crippen LogP contribution >= 0.6 is 11.6 Å². The number of hydrogen-bond donors (Lipinski definition) is 2. The van der Waals surface area contributed by atoms with E-state index in [1.54, 1.807) is 12.1 Å². The van der Waals surface area contributed by atoms with Crippen LogP contribution in [-0.4, -0.2) is 11.7 Å². The second kappa shape index (κ2) is 5.89. The summed E-state index contributed by atoms with van der Waals surface area (Å²) in [7, 11) is 0. The molecule has 0 saturated heterocycles. The van der Waals surface area contributed by atoms with Crippen LogP contribution in [0.4, 0.5) is 5.69 Å². The van der Waals surface area contributed by atoms with Crippen LogP contribution in [0, 0.1) is 6.92 Å². The predicted octanol–water partition coefficient (Wildman–Crippen LogP) is 3.79. The zero-order valence-electron chi connectivity index (χ0n) is 10.2. The molecule has 2 N–H and O–H groups in total. The van der Waals surface area contributed by atoms with Gasteiger partial charge in [0.25, 0.3) is 0 Å². The van der Waals surface area contributed by atoms with Crippen LogP contribution in [0.5, 0.6) is 0 Å². The van der Waals surface area contributed by atoms with Crippen molar-refractivity contribution >= 4 is 17.3 Å². The maximum atomic E-state index is 10.0. The molecule has 18 heavy (non-hydrogen) atoms. The average Bonchev–Trinajstić information content (AvgIpc) is 2.38. The summed E-state index contributed by atoms with van der Waals surface area (Å²) >= 11 is 5.81. The third-order valence-corrected chi connectivity index (χ3v) is 3.06. The van der Waals surface area contributed by atoms with Gasteiger partial charge in [0.2, 0.25) is 0 Å². The molecule has 2 aromatic carbocycles. The maximum Gasteiger partial charge on any atom is 0.0962 e. The van der Waals surface area contributed by atoms with Crippen LogP contribution in [-0.2, 0) is 0 Å². The molecule has 0 saturated carbocycles. The molecule has 3 heteroatoms. The lowest BCUT2D eigenvalue weighted by Gasteiger charge is -2.13. The first kappa shape index (κ1) is 12.9. The zero-order valence-corrected chi connectivity index (χ0v) is 11.0. The van der Waals surface area contributed by atoms with Gasteiger partial charge in [-0.1, -0.05) is 41.4 Å². The van der Waals surface area contributed by atoms with Crippen molar-refractivity contribution in [3.05, 3.63) is 64.7 Å². The van der Waals surface area contributed by atoms with E-state index in [1.165, 1.54) is 5.56 Å². The van der Waals surface area contributed by atoms with E-state index in [0.29, 0.717) is 11.6 Å². The molecule has 0 bridgehead atoms. The molecule has 0 aliphatic rings. The van der Waals surface area contributed by atoms with Crippen LogP contribution in [0.25, 0.3) is 0 Å². The molecule has 0 unspecified atom stereocenters. The Kier molecular flexibility index (Phi) is 4.24. The van der Waals surface area contributed by atoms with E-state index in [9.17, 15) is 5.11 Å². The molecular formula is C15H16ClNO. The van der Waals surface area contributed by atoms with Crippen molar-refractivity contribution in [2.45, 2.75) is 13.0 Å². The molecular weight excluding hydrogens is 246 g/mol. The van der Waals surface area contributed by atoms with Crippen molar-refractivity contribution in [2.75, 3.05) is 11.9 Å². The van der Waals surface area contributed by atoms with Gasteiger partial charge in [0.15, 0.2) is 0 Å². The molecule has 1 atom stereocenters. The fourth-order valence-electron chi connectivity index (χ4n) is 1.69. The molecule has 0 amide bonds. The molecule has 0 aliphatic carbocycles. The summed E-state index contributed by atoms with van der Waals surface area (Å²) in [4.78, 5) is 0. The number of halogens is 1. The van der Waals surface area contributed by atoms with Gasteiger partial charge in [-0.15, -0.1) is 0 Å². The minimum atomic E-state index is -0.538. The largest absolute Gasteiger partial charge is 0.387 e. The molecule has 0 radical (unpaired) electrons. The van der Waals surface area contributed by atoms with E-state index in [1.807, 2.05) is 43.3 Å². The summed E-state index contributed by atoms with van der Waals surface area (Å²) in [6, 6.07) is 15.3. The van der Waals surface area contributed by atoms with Crippen LogP contribution in [0.1, 0.15) is 17.2 Å². The smallest absolute Gasteiger partial charge is 0.0962 e. The number of aliphatic hydroxyl groups excluding tert-OH is 1. The monoisotopic (exact) mass is 261 g/mol. The van der Waals surface area contributed by atoms with Gasteiger partial charge in [0.05, 0.1) is 6.10 Å². The van der Waals surface area contributed by atoms with Gasteiger partial charge >= 0.3 is 0 Å². The highest BCUT2D eigenvalue weighted by molar-refractivity contribution is 6.30. The van der Waals surface area contributed by atoms with Crippen molar-refractivity contribution in [1.29, 1.82) is 0 Å². The number of rotatable bonds is 4. The first-order valence-corrected chi connectivity index (χ1v) is 6.27. The van der Waals surface area contributed by atoms with Crippen molar-refractivity contribution in [3.63, 3.8) is 0 Å². The van der Waals surface area contributed by atoms with E-state index in [2.05, 4.69) is 5.32 Å². The molecule has 0 spiro atoms. The molecule has 2 nitrogen and oxygen atoms in total. The fourth-order valence-corrected chi connectivity index (χ4v) is 1.81. The Labute approximate surface area is 112 Å². The van der Waals surface area contributed by atoms with E-state index in [0.717, 1.165) is 11.3 Å². The Hall–Kier alpha value is -1.51. The molecule has 0 fully saturated rings. The summed E-state index contributed by atoms with van der Waals surface area (Å²) in [6.07, 6.45) is -0.538. The Morgan fingerprint density at radius 3 is 2.28 bits per heavy atom. The van der Waals surface area contributed by atoms with E-state index >= 15 is 0 Å². The quantitative estimate of drug-likeness (QED) is 0.878. The third kappa shape index (κ3) is 3.49. The molecule has 2 rings (SSSR count). The van der Waals surface area contributed by atoms with Gasteiger partial charge in [-0.05, 0) is 36.8 Å². The number of benzene rings is 2. The number of aryl methyl sites for hydroxylation is 1. The van der Waals surface area contributed by atoms with Gasteiger partial charge in [0, 0.05) is 17.3 Å². The SMILES string of the molecule is Cc1ccc(NC[C@@H](O)c2ccc(Cl)cc2)cc1. The summed E-state index contributed by atoms with van der Waals surface area (Å²) in [5.74, 6) is 0. The summed E-state index contributed by atoms with van der Waals surface area (Å²) in [6.45, 7) is 2.52. The van der Waals surface area contributed by atoms with E-state index in [-0.39, 0.29) is 0 Å². The van der Waals surface area contributed by atoms with Gasteiger partial charge in [-0.3, -0.25) is 0 Å². The van der Waals surface area contributed by atoms with Crippen LogP contribution < -0.4 is 5.32 Å².